The predicted octanol–water partition coefficient (Wildman–Crippen LogP) is 4.22. The van der Waals surface area contributed by atoms with Crippen LogP contribution < -0.4 is 0 Å². The van der Waals surface area contributed by atoms with E-state index in [0.717, 1.165) is 19.6 Å². The summed E-state index contributed by atoms with van der Waals surface area (Å²) in [5.74, 6) is 0. The highest BCUT2D eigenvalue weighted by Gasteiger charge is 2.23. The van der Waals surface area contributed by atoms with Crippen molar-refractivity contribution in [2.24, 2.45) is 0 Å². The van der Waals surface area contributed by atoms with Crippen LogP contribution in [0.25, 0.3) is 10.8 Å². The molecule has 0 saturated heterocycles. The van der Waals surface area contributed by atoms with E-state index < -0.39 is 0 Å². The highest BCUT2D eigenvalue weighted by molar-refractivity contribution is 5.85. The van der Waals surface area contributed by atoms with Gasteiger partial charge in [0.05, 0.1) is 0 Å². The summed E-state index contributed by atoms with van der Waals surface area (Å²) in [6, 6.07) is 20.2. The Kier molecular flexibility index (Phi) is 3.04. The van der Waals surface area contributed by atoms with Crippen LogP contribution in [0.1, 0.15) is 24.2 Å². The maximum atomic E-state index is 2.58. The third-order valence-electron chi connectivity index (χ3n) is 4.72. The zero-order valence-corrected chi connectivity index (χ0v) is 12.4. The van der Waals surface area contributed by atoms with Crippen molar-refractivity contribution in [3.05, 3.63) is 72.1 Å². The largest absolute Gasteiger partial charge is 0.349 e. The van der Waals surface area contributed by atoms with E-state index in [1.807, 2.05) is 0 Å². The number of hydrogen-bond acceptors (Lipinski definition) is 1. The Morgan fingerprint density at radius 2 is 1.81 bits per heavy atom. The first-order chi connectivity index (χ1) is 10.3. The first-order valence-corrected chi connectivity index (χ1v) is 7.68. The van der Waals surface area contributed by atoms with E-state index in [1.54, 1.807) is 0 Å². The lowest BCUT2D eigenvalue weighted by molar-refractivity contribution is 0.161. The minimum absolute atomic E-state index is 0.479. The second-order valence-corrected chi connectivity index (χ2v) is 5.91. The molecule has 2 heteroatoms. The molecule has 1 aliphatic rings. The van der Waals surface area contributed by atoms with Gasteiger partial charge in [0.15, 0.2) is 0 Å². The van der Waals surface area contributed by atoms with Crippen LogP contribution in [-0.4, -0.2) is 16.0 Å². The fourth-order valence-electron chi connectivity index (χ4n) is 3.49. The molecule has 0 fully saturated rings. The Morgan fingerprint density at radius 1 is 0.952 bits per heavy atom. The van der Waals surface area contributed by atoms with E-state index in [1.165, 1.54) is 22.0 Å². The van der Waals surface area contributed by atoms with Crippen molar-refractivity contribution in [3.8, 4) is 0 Å². The number of rotatable bonds is 2. The molecule has 2 aromatic carbocycles. The highest BCUT2D eigenvalue weighted by Crippen LogP contribution is 2.28. The quantitative estimate of drug-likeness (QED) is 0.680. The van der Waals surface area contributed by atoms with Crippen LogP contribution in [0.4, 0.5) is 0 Å². The fraction of sp³-hybridized carbons (Fsp3) is 0.263. The molecule has 0 spiro atoms. The van der Waals surface area contributed by atoms with Crippen LogP contribution in [-0.2, 0) is 13.1 Å². The number of nitrogens with zero attached hydrogens (tertiary/aromatic N) is 2. The van der Waals surface area contributed by atoms with Gasteiger partial charge in [0, 0.05) is 37.6 Å². The summed E-state index contributed by atoms with van der Waals surface area (Å²) >= 11 is 0. The second kappa shape index (κ2) is 5.05. The van der Waals surface area contributed by atoms with Crippen LogP contribution in [0.5, 0.6) is 0 Å². The van der Waals surface area contributed by atoms with Gasteiger partial charge in [-0.1, -0.05) is 42.5 Å². The monoisotopic (exact) mass is 276 g/mol. The van der Waals surface area contributed by atoms with Crippen LogP contribution in [0, 0.1) is 0 Å². The van der Waals surface area contributed by atoms with Gasteiger partial charge in [-0.05, 0) is 35.4 Å². The van der Waals surface area contributed by atoms with E-state index in [4.69, 9.17) is 0 Å². The Hall–Kier alpha value is -2.06. The summed E-state index contributed by atoms with van der Waals surface area (Å²) in [4.78, 5) is 2.58. The maximum absolute atomic E-state index is 2.58. The molecule has 106 valence electrons. The number of fused-ring (bicyclic) bond motifs is 2. The number of aromatic nitrogens is 1. The molecule has 1 unspecified atom stereocenters. The lowest BCUT2D eigenvalue weighted by Gasteiger charge is -2.35. The van der Waals surface area contributed by atoms with Gasteiger partial charge in [0.1, 0.15) is 0 Å². The summed E-state index contributed by atoms with van der Waals surface area (Å²) in [6.07, 6.45) is 2.20. The second-order valence-electron chi connectivity index (χ2n) is 5.91. The third-order valence-corrected chi connectivity index (χ3v) is 4.72. The SMILES string of the molecule is CC1c2cccn2CCN1Cc1cccc2ccccc12. The molecule has 0 aliphatic carbocycles. The molecular weight excluding hydrogens is 256 g/mol. The summed E-state index contributed by atoms with van der Waals surface area (Å²) < 4.78 is 2.38. The average Bonchev–Trinajstić information content (AvgIpc) is 3.00. The van der Waals surface area contributed by atoms with Crippen LogP contribution in [0.3, 0.4) is 0 Å². The summed E-state index contributed by atoms with van der Waals surface area (Å²) in [6.45, 7) is 5.55. The first-order valence-electron chi connectivity index (χ1n) is 7.68. The van der Waals surface area contributed by atoms with Crippen molar-refractivity contribution >= 4 is 10.8 Å². The molecule has 0 radical (unpaired) electrons. The van der Waals surface area contributed by atoms with E-state index in [9.17, 15) is 0 Å². The predicted molar refractivity (Wildman–Crippen MR) is 87.2 cm³/mol. The zero-order chi connectivity index (χ0) is 14.2. The molecule has 0 saturated carbocycles. The van der Waals surface area contributed by atoms with Crippen molar-refractivity contribution in [2.45, 2.75) is 26.1 Å². The van der Waals surface area contributed by atoms with Gasteiger partial charge in [-0.3, -0.25) is 4.90 Å². The molecule has 0 amide bonds. The molecule has 1 aliphatic heterocycles. The van der Waals surface area contributed by atoms with E-state index in [0.29, 0.717) is 6.04 Å². The van der Waals surface area contributed by atoms with Gasteiger partial charge < -0.3 is 4.57 Å². The molecule has 21 heavy (non-hydrogen) atoms. The highest BCUT2D eigenvalue weighted by atomic mass is 15.2. The number of hydrogen-bond donors (Lipinski definition) is 0. The smallest absolute Gasteiger partial charge is 0.0476 e. The van der Waals surface area contributed by atoms with Gasteiger partial charge in [-0.2, -0.15) is 0 Å². The molecular formula is C19H20N2. The maximum Gasteiger partial charge on any atom is 0.0476 e. The van der Waals surface area contributed by atoms with Gasteiger partial charge in [0.25, 0.3) is 0 Å². The minimum Gasteiger partial charge on any atom is -0.349 e. The Labute approximate surface area is 125 Å². The van der Waals surface area contributed by atoms with Crippen molar-refractivity contribution < 1.29 is 0 Å². The summed E-state index contributed by atoms with van der Waals surface area (Å²) in [7, 11) is 0. The molecule has 0 bridgehead atoms. The zero-order valence-electron chi connectivity index (χ0n) is 12.4. The van der Waals surface area contributed by atoms with Gasteiger partial charge in [-0.25, -0.2) is 0 Å². The molecule has 4 rings (SSSR count). The van der Waals surface area contributed by atoms with Gasteiger partial charge in [0.2, 0.25) is 0 Å². The average molecular weight is 276 g/mol. The normalized spacial score (nSPS) is 18.8. The Balaban J connectivity index is 1.67. The lowest BCUT2D eigenvalue weighted by Crippen LogP contribution is -2.35. The molecule has 3 aromatic rings. The molecule has 0 N–H and O–H groups in total. The van der Waals surface area contributed by atoms with Crippen molar-refractivity contribution in [3.63, 3.8) is 0 Å². The van der Waals surface area contributed by atoms with E-state index >= 15 is 0 Å². The first kappa shape index (κ1) is 12.7. The third kappa shape index (κ3) is 2.16. The van der Waals surface area contributed by atoms with Gasteiger partial charge in [-0.15, -0.1) is 0 Å². The fourth-order valence-corrected chi connectivity index (χ4v) is 3.49. The van der Waals surface area contributed by atoms with Crippen molar-refractivity contribution in [1.82, 2.24) is 9.47 Å². The topological polar surface area (TPSA) is 8.17 Å². The van der Waals surface area contributed by atoms with Crippen molar-refractivity contribution in [1.29, 1.82) is 0 Å². The minimum atomic E-state index is 0.479. The summed E-state index contributed by atoms with van der Waals surface area (Å²) in [5, 5.41) is 2.72. The molecule has 1 aromatic heterocycles. The van der Waals surface area contributed by atoms with Crippen LogP contribution in [0.15, 0.2) is 60.8 Å². The van der Waals surface area contributed by atoms with Crippen LogP contribution in [0.2, 0.25) is 0 Å². The Bertz CT molecular complexity index is 767. The van der Waals surface area contributed by atoms with Crippen LogP contribution >= 0.6 is 0 Å². The van der Waals surface area contributed by atoms with E-state index in [-0.39, 0.29) is 0 Å². The molecule has 1 atom stereocenters. The van der Waals surface area contributed by atoms with Gasteiger partial charge >= 0.3 is 0 Å². The number of benzene rings is 2. The molecule has 2 nitrogen and oxygen atoms in total. The standard InChI is InChI=1S/C19H20N2/c1-15-19-10-5-11-20(19)12-13-21(15)14-17-8-4-7-16-6-2-3-9-18(16)17/h2-11,15H,12-14H2,1H3. The van der Waals surface area contributed by atoms with E-state index in [2.05, 4.69) is 77.2 Å². The van der Waals surface area contributed by atoms with Crippen molar-refractivity contribution in [2.75, 3.05) is 6.54 Å². The summed E-state index contributed by atoms with van der Waals surface area (Å²) in [5.41, 5.74) is 2.86. The molecule has 2 heterocycles. The lowest BCUT2D eigenvalue weighted by atomic mass is 10.0. The Morgan fingerprint density at radius 3 is 2.76 bits per heavy atom.